The molecule has 2 N–H and O–H groups in total. The summed E-state index contributed by atoms with van der Waals surface area (Å²) in [4.78, 5) is 34.3. The third-order valence-electron chi connectivity index (χ3n) is 3.73. The summed E-state index contributed by atoms with van der Waals surface area (Å²) in [5.74, 6) is -0.148. The minimum absolute atomic E-state index is 0.0993. The normalized spacial score (nSPS) is 15.6. The summed E-state index contributed by atoms with van der Waals surface area (Å²) < 4.78 is 5.44. The third-order valence-corrected chi connectivity index (χ3v) is 3.73. The minimum atomic E-state index is -0.577. The van der Waals surface area contributed by atoms with Crippen LogP contribution in [0.2, 0.25) is 0 Å². The molecule has 0 bridgehead atoms. The molecule has 0 saturated carbocycles. The van der Waals surface area contributed by atoms with E-state index in [4.69, 9.17) is 4.74 Å². The molecule has 1 heterocycles. The molecule has 1 atom stereocenters. The van der Waals surface area contributed by atoms with Crippen LogP contribution in [-0.2, 0) is 16.0 Å². The maximum absolute atomic E-state index is 12.2. The predicted molar refractivity (Wildman–Crippen MR) is 90.6 cm³/mol. The van der Waals surface area contributed by atoms with Gasteiger partial charge in [0, 0.05) is 17.3 Å². The van der Waals surface area contributed by atoms with E-state index < -0.39 is 16.9 Å². The quantitative estimate of drug-likeness (QED) is 0.656. The molecule has 25 heavy (non-hydrogen) atoms. The molecule has 0 radical (unpaired) electrons. The number of ether oxygens (including phenoxy) is 1. The molecule has 1 unspecified atom stereocenters. The lowest BCUT2D eigenvalue weighted by atomic mass is 10.1. The molecule has 1 aliphatic rings. The number of nitro benzene ring substituents is 1. The van der Waals surface area contributed by atoms with E-state index in [2.05, 4.69) is 10.6 Å². The number of hydrogen-bond donors (Lipinski definition) is 2. The van der Waals surface area contributed by atoms with Crippen LogP contribution in [0.5, 0.6) is 5.75 Å². The Kier molecular flexibility index (Phi) is 4.34. The van der Waals surface area contributed by atoms with E-state index >= 15 is 0 Å². The van der Waals surface area contributed by atoms with Crippen molar-refractivity contribution < 1.29 is 19.2 Å². The number of carbonyl (C=O) groups is 2. The zero-order valence-electron chi connectivity index (χ0n) is 13.3. The van der Waals surface area contributed by atoms with Crippen LogP contribution < -0.4 is 15.4 Å². The molecule has 2 amide bonds. The van der Waals surface area contributed by atoms with Gasteiger partial charge in [-0.25, -0.2) is 0 Å². The zero-order chi connectivity index (χ0) is 18.0. The van der Waals surface area contributed by atoms with Gasteiger partial charge in [-0.3, -0.25) is 19.7 Å². The van der Waals surface area contributed by atoms with Gasteiger partial charge >= 0.3 is 0 Å². The topological polar surface area (TPSA) is 111 Å². The molecule has 3 rings (SSSR count). The average molecular weight is 341 g/mol. The molecule has 0 fully saturated rings. The van der Waals surface area contributed by atoms with E-state index in [9.17, 15) is 19.7 Å². The van der Waals surface area contributed by atoms with Crippen LogP contribution in [0, 0.1) is 10.1 Å². The molecule has 128 valence electrons. The van der Waals surface area contributed by atoms with Crippen molar-refractivity contribution in [2.24, 2.45) is 0 Å². The Morgan fingerprint density at radius 3 is 2.84 bits per heavy atom. The van der Waals surface area contributed by atoms with Gasteiger partial charge in [0.15, 0.2) is 6.10 Å². The number of hydrogen-bond acceptors (Lipinski definition) is 5. The summed E-state index contributed by atoms with van der Waals surface area (Å²) in [6, 6.07) is 11.0. The highest BCUT2D eigenvalue weighted by molar-refractivity contribution is 5.99. The number of nitro groups is 1. The van der Waals surface area contributed by atoms with Crippen LogP contribution in [0.4, 0.5) is 17.1 Å². The molecular formula is C17H15N3O5. The molecule has 0 saturated heterocycles. The Bertz CT molecular complexity index is 865. The van der Waals surface area contributed by atoms with Crippen molar-refractivity contribution in [1.29, 1.82) is 0 Å². The molecule has 0 aromatic heterocycles. The molecule has 1 aliphatic heterocycles. The number of anilines is 2. The first-order valence-corrected chi connectivity index (χ1v) is 7.58. The smallest absolute Gasteiger partial charge is 0.273 e. The summed E-state index contributed by atoms with van der Waals surface area (Å²) in [5.41, 5.74) is 1.15. The second kappa shape index (κ2) is 6.60. The molecule has 0 aliphatic carbocycles. The molecule has 2 aromatic carbocycles. The zero-order valence-corrected chi connectivity index (χ0v) is 13.3. The standard InChI is InChI=1S/C17H15N3O5/c1-10-17(22)19-13-9-12(6-7-15(13)25-10)18-16(21)8-11-4-2-3-5-14(11)20(23)24/h2-7,9-10H,8H2,1H3,(H,18,21)(H,19,22). The number of benzene rings is 2. The summed E-state index contributed by atoms with van der Waals surface area (Å²) in [6.07, 6.45) is -0.708. The van der Waals surface area contributed by atoms with Crippen LogP contribution in [-0.4, -0.2) is 22.8 Å². The van der Waals surface area contributed by atoms with Crippen LogP contribution in [0.15, 0.2) is 42.5 Å². The van der Waals surface area contributed by atoms with Gasteiger partial charge in [0.2, 0.25) is 5.91 Å². The lowest BCUT2D eigenvalue weighted by molar-refractivity contribution is -0.385. The molecule has 0 spiro atoms. The van der Waals surface area contributed by atoms with E-state index in [1.165, 1.54) is 6.07 Å². The summed E-state index contributed by atoms with van der Waals surface area (Å²) in [7, 11) is 0. The second-order valence-corrected chi connectivity index (χ2v) is 5.57. The first kappa shape index (κ1) is 16.4. The van der Waals surface area contributed by atoms with Crippen molar-refractivity contribution in [2.45, 2.75) is 19.4 Å². The number of amides is 2. The van der Waals surface area contributed by atoms with Crippen LogP contribution >= 0.6 is 0 Å². The Hall–Kier alpha value is -3.42. The minimum Gasteiger partial charge on any atom is -0.479 e. The Morgan fingerprint density at radius 1 is 1.32 bits per heavy atom. The lowest BCUT2D eigenvalue weighted by Gasteiger charge is -2.23. The van der Waals surface area contributed by atoms with Crippen molar-refractivity contribution in [1.82, 2.24) is 0 Å². The van der Waals surface area contributed by atoms with Gasteiger partial charge in [-0.2, -0.15) is 0 Å². The fourth-order valence-corrected chi connectivity index (χ4v) is 2.50. The summed E-state index contributed by atoms with van der Waals surface area (Å²) in [6.45, 7) is 1.64. The lowest BCUT2D eigenvalue weighted by Crippen LogP contribution is -2.34. The highest BCUT2D eigenvalue weighted by atomic mass is 16.6. The predicted octanol–water partition coefficient (Wildman–Crippen LogP) is 2.50. The van der Waals surface area contributed by atoms with Gasteiger partial charge in [-0.1, -0.05) is 18.2 Å². The number of carbonyl (C=O) groups excluding carboxylic acids is 2. The molecule has 2 aromatic rings. The van der Waals surface area contributed by atoms with Gasteiger partial charge in [0.1, 0.15) is 5.75 Å². The van der Waals surface area contributed by atoms with Gasteiger partial charge in [0.05, 0.1) is 17.0 Å². The first-order chi connectivity index (χ1) is 11.9. The third kappa shape index (κ3) is 3.57. The highest BCUT2D eigenvalue weighted by Crippen LogP contribution is 2.32. The Morgan fingerprint density at radius 2 is 2.08 bits per heavy atom. The average Bonchev–Trinajstić information content (AvgIpc) is 2.56. The Labute approximate surface area is 142 Å². The summed E-state index contributed by atoms with van der Waals surface area (Å²) in [5, 5.41) is 16.4. The van der Waals surface area contributed by atoms with Crippen LogP contribution in [0.3, 0.4) is 0 Å². The highest BCUT2D eigenvalue weighted by Gasteiger charge is 2.23. The van der Waals surface area contributed by atoms with Crippen molar-refractivity contribution >= 4 is 28.9 Å². The number of para-hydroxylation sites is 1. The fourth-order valence-electron chi connectivity index (χ4n) is 2.50. The van der Waals surface area contributed by atoms with E-state index in [0.29, 0.717) is 22.7 Å². The van der Waals surface area contributed by atoms with Gasteiger partial charge in [0.25, 0.3) is 11.6 Å². The SMILES string of the molecule is CC1Oc2ccc(NC(=O)Cc3ccccc3[N+](=O)[O-])cc2NC1=O. The van der Waals surface area contributed by atoms with E-state index in [-0.39, 0.29) is 18.0 Å². The van der Waals surface area contributed by atoms with E-state index in [1.807, 2.05) is 0 Å². The maximum Gasteiger partial charge on any atom is 0.273 e. The molecule has 8 nitrogen and oxygen atoms in total. The Balaban J connectivity index is 1.73. The van der Waals surface area contributed by atoms with E-state index in [0.717, 1.165) is 0 Å². The van der Waals surface area contributed by atoms with Gasteiger partial charge in [-0.05, 0) is 25.1 Å². The number of nitrogens with one attached hydrogen (secondary N) is 2. The number of rotatable bonds is 4. The van der Waals surface area contributed by atoms with Crippen LogP contribution in [0.1, 0.15) is 12.5 Å². The number of fused-ring (bicyclic) bond motifs is 1. The van der Waals surface area contributed by atoms with E-state index in [1.54, 1.807) is 43.3 Å². The molecule has 8 heteroatoms. The van der Waals surface area contributed by atoms with Crippen molar-refractivity contribution in [3.05, 3.63) is 58.1 Å². The van der Waals surface area contributed by atoms with Crippen LogP contribution in [0.25, 0.3) is 0 Å². The van der Waals surface area contributed by atoms with Crippen molar-refractivity contribution in [2.75, 3.05) is 10.6 Å². The molecular weight excluding hydrogens is 326 g/mol. The van der Waals surface area contributed by atoms with Gasteiger partial charge < -0.3 is 15.4 Å². The maximum atomic E-state index is 12.2. The number of nitrogens with zero attached hydrogens (tertiary/aromatic N) is 1. The monoisotopic (exact) mass is 341 g/mol. The first-order valence-electron chi connectivity index (χ1n) is 7.58. The fraction of sp³-hybridized carbons (Fsp3) is 0.176. The van der Waals surface area contributed by atoms with Crippen molar-refractivity contribution in [3.8, 4) is 5.75 Å². The largest absolute Gasteiger partial charge is 0.479 e. The summed E-state index contributed by atoms with van der Waals surface area (Å²) >= 11 is 0. The second-order valence-electron chi connectivity index (χ2n) is 5.57. The van der Waals surface area contributed by atoms with Gasteiger partial charge in [-0.15, -0.1) is 0 Å². The van der Waals surface area contributed by atoms with Crippen molar-refractivity contribution in [3.63, 3.8) is 0 Å².